The Bertz CT molecular complexity index is 725. The number of benzene rings is 1. The molecule has 0 N–H and O–H groups in total. The number of hydrogen-bond donors (Lipinski definition) is 0. The first kappa shape index (κ1) is 19.3. The molecule has 7 heteroatoms. The lowest BCUT2D eigenvalue weighted by Gasteiger charge is -2.36. The van der Waals surface area contributed by atoms with E-state index in [0.717, 1.165) is 43.5 Å². The van der Waals surface area contributed by atoms with E-state index in [4.69, 9.17) is 0 Å². The van der Waals surface area contributed by atoms with E-state index in [-0.39, 0.29) is 12.5 Å². The second kappa shape index (κ2) is 8.06. The van der Waals surface area contributed by atoms with E-state index in [9.17, 15) is 13.2 Å². The number of aryl methyl sites for hydroxylation is 1. The second-order valence-electron chi connectivity index (χ2n) is 7.58. The van der Waals surface area contributed by atoms with Gasteiger partial charge in [0, 0.05) is 32.7 Å². The Morgan fingerprint density at radius 3 is 2.31 bits per heavy atom. The molecule has 2 saturated heterocycles. The van der Waals surface area contributed by atoms with Crippen LogP contribution in [-0.4, -0.2) is 60.6 Å². The molecule has 1 aromatic rings. The summed E-state index contributed by atoms with van der Waals surface area (Å²) in [5.41, 5.74) is 2.12. The van der Waals surface area contributed by atoms with Crippen molar-refractivity contribution in [2.24, 2.45) is 5.92 Å². The summed E-state index contributed by atoms with van der Waals surface area (Å²) in [6.45, 7) is 6.92. The smallest absolute Gasteiger partial charge is 0.282 e. The first-order chi connectivity index (χ1) is 12.4. The third-order valence-corrected chi connectivity index (χ3v) is 7.32. The summed E-state index contributed by atoms with van der Waals surface area (Å²) in [7, 11) is -3.60. The van der Waals surface area contributed by atoms with E-state index in [1.54, 1.807) is 0 Å². The summed E-state index contributed by atoms with van der Waals surface area (Å²) in [6, 6.07) is 7.91. The molecule has 1 aromatic carbocycles. The zero-order chi connectivity index (χ0) is 18.7. The molecular weight excluding hydrogens is 350 g/mol. The Balaban J connectivity index is 1.64. The van der Waals surface area contributed by atoms with E-state index in [0.29, 0.717) is 25.6 Å². The highest BCUT2D eigenvalue weighted by Crippen LogP contribution is 2.21. The van der Waals surface area contributed by atoms with Gasteiger partial charge in [0.05, 0.1) is 6.54 Å². The Kier molecular flexibility index (Phi) is 5.99. The van der Waals surface area contributed by atoms with Gasteiger partial charge in [0.25, 0.3) is 10.2 Å². The highest BCUT2D eigenvalue weighted by atomic mass is 32.2. The first-order valence-corrected chi connectivity index (χ1v) is 10.8. The van der Waals surface area contributed by atoms with Gasteiger partial charge in [-0.05, 0) is 37.7 Å². The van der Waals surface area contributed by atoms with Gasteiger partial charge < -0.3 is 4.90 Å². The molecule has 2 aliphatic heterocycles. The Morgan fingerprint density at radius 1 is 1.04 bits per heavy atom. The van der Waals surface area contributed by atoms with Gasteiger partial charge in [0.15, 0.2) is 0 Å². The molecular formula is C19H29N3O3S. The molecule has 6 nitrogen and oxygen atoms in total. The largest absolute Gasteiger partial charge is 0.342 e. The average molecular weight is 380 g/mol. The lowest BCUT2D eigenvalue weighted by Crippen LogP contribution is -2.53. The van der Waals surface area contributed by atoms with Crippen molar-refractivity contribution in [3.8, 4) is 0 Å². The normalized spacial score (nSPS) is 22.5. The molecule has 2 fully saturated rings. The van der Waals surface area contributed by atoms with E-state index in [2.05, 4.69) is 6.92 Å². The number of hydrogen-bond acceptors (Lipinski definition) is 3. The molecule has 1 amide bonds. The molecule has 0 bridgehead atoms. The highest BCUT2D eigenvalue weighted by molar-refractivity contribution is 7.86. The van der Waals surface area contributed by atoms with Crippen LogP contribution in [0.2, 0.25) is 0 Å². The molecule has 2 aliphatic rings. The summed E-state index contributed by atoms with van der Waals surface area (Å²) >= 11 is 0. The number of piperidine rings is 1. The van der Waals surface area contributed by atoms with Crippen molar-refractivity contribution in [2.45, 2.75) is 39.7 Å². The molecule has 0 aromatic heterocycles. The topological polar surface area (TPSA) is 60.9 Å². The maximum atomic E-state index is 12.9. The van der Waals surface area contributed by atoms with Crippen LogP contribution in [0.5, 0.6) is 0 Å². The predicted molar refractivity (Wildman–Crippen MR) is 102 cm³/mol. The van der Waals surface area contributed by atoms with Gasteiger partial charge in [0.1, 0.15) is 0 Å². The standard InChI is InChI=1S/C19H29N3O3S/c1-16-4-6-18(7-5-16)14-21-10-3-11-22(26(21,24)25)15-19(23)20-12-8-17(2)9-13-20/h4-7,17H,3,8-15H2,1-2H3. The van der Waals surface area contributed by atoms with Crippen LogP contribution in [0.15, 0.2) is 24.3 Å². The molecule has 3 rings (SSSR count). The number of nitrogens with zero attached hydrogens (tertiary/aromatic N) is 3. The summed E-state index contributed by atoms with van der Waals surface area (Å²) in [6.07, 6.45) is 2.74. The number of likely N-dealkylation sites (tertiary alicyclic amines) is 1. The number of carbonyl (C=O) groups is 1. The molecule has 2 heterocycles. The minimum atomic E-state index is -3.60. The van der Waals surface area contributed by atoms with Crippen molar-refractivity contribution in [1.29, 1.82) is 0 Å². The molecule has 0 radical (unpaired) electrons. The fourth-order valence-corrected chi connectivity index (χ4v) is 5.18. The average Bonchev–Trinajstić information content (AvgIpc) is 2.61. The van der Waals surface area contributed by atoms with E-state index in [1.807, 2.05) is 36.1 Å². The van der Waals surface area contributed by atoms with Gasteiger partial charge in [-0.1, -0.05) is 36.8 Å². The highest BCUT2D eigenvalue weighted by Gasteiger charge is 2.35. The molecule has 0 aliphatic carbocycles. The van der Waals surface area contributed by atoms with Crippen molar-refractivity contribution in [3.05, 3.63) is 35.4 Å². The Morgan fingerprint density at radius 2 is 1.65 bits per heavy atom. The molecule has 0 saturated carbocycles. The molecule has 0 atom stereocenters. The molecule has 0 unspecified atom stereocenters. The molecule has 0 spiro atoms. The summed E-state index contributed by atoms with van der Waals surface area (Å²) in [5.74, 6) is 0.570. The molecule has 26 heavy (non-hydrogen) atoms. The van der Waals surface area contributed by atoms with Gasteiger partial charge in [0.2, 0.25) is 5.91 Å². The molecule has 144 valence electrons. The SMILES string of the molecule is Cc1ccc(CN2CCCN(CC(=O)N3CCC(C)CC3)S2(=O)=O)cc1. The minimum Gasteiger partial charge on any atom is -0.342 e. The lowest BCUT2D eigenvalue weighted by molar-refractivity contribution is -0.132. The van der Waals surface area contributed by atoms with E-state index < -0.39 is 10.2 Å². The minimum absolute atomic E-state index is 0.0406. The van der Waals surface area contributed by atoms with Gasteiger partial charge in [-0.25, -0.2) is 0 Å². The van der Waals surface area contributed by atoms with Crippen LogP contribution >= 0.6 is 0 Å². The maximum absolute atomic E-state index is 12.9. The van der Waals surface area contributed by atoms with Crippen molar-refractivity contribution >= 4 is 16.1 Å². The Labute approximate surface area is 157 Å². The predicted octanol–water partition coefficient (Wildman–Crippen LogP) is 2.01. The summed E-state index contributed by atoms with van der Waals surface area (Å²) < 4.78 is 28.7. The van der Waals surface area contributed by atoms with Crippen molar-refractivity contribution in [3.63, 3.8) is 0 Å². The Hall–Kier alpha value is -1.44. The van der Waals surface area contributed by atoms with Gasteiger partial charge in [-0.15, -0.1) is 0 Å². The summed E-state index contributed by atoms with van der Waals surface area (Å²) in [4.78, 5) is 14.4. The van der Waals surface area contributed by atoms with Crippen LogP contribution in [0.1, 0.15) is 37.3 Å². The van der Waals surface area contributed by atoms with Gasteiger partial charge >= 0.3 is 0 Å². The third kappa shape index (κ3) is 4.45. The number of rotatable bonds is 4. The van der Waals surface area contributed by atoms with Crippen LogP contribution < -0.4 is 0 Å². The fourth-order valence-electron chi connectivity index (χ4n) is 3.54. The van der Waals surface area contributed by atoms with Crippen molar-refractivity contribution in [1.82, 2.24) is 13.5 Å². The van der Waals surface area contributed by atoms with Gasteiger partial charge in [-0.3, -0.25) is 4.79 Å². The zero-order valence-corrected chi connectivity index (χ0v) is 16.5. The van der Waals surface area contributed by atoms with Gasteiger partial charge in [-0.2, -0.15) is 17.0 Å². The van der Waals surface area contributed by atoms with Crippen LogP contribution in [0, 0.1) is 12.8 Å². The quantitative estimate of drug-likeness (QED) is 0.804. The van der Waals surface area contributed by atoms with Crippen molar-refractivity contribution < 1.29 is 13.2 Å². The first-order valence-electron chi connectivity index (χ1n) is 9.45. The van der Waals surface area contributed by atoms with Crippen LogP contribution in [0.4, 0.5) is 0 Å². The monoisotopic (exact) mass is 379 g/mol. The van der Waals surface area contributed by atoms with E-state index >= 15 is 0 Å². The fraction of sp³-hybridized carbons (Fsp3) is 0.632. The summed E-state index contributed by atoms with van der Waals surface area (Å²) in [5, 5.41) is 0. The van der Waals surface area contributed by atoms with Crippen LogP contribution in [0.3, 0.4) is 0 Å². The lowest BCUT2D eigenvalue weighted by atomic mass is 9.99. The third-order valence-electron chi connectivity index (χ3n) is 5.40. The van der Waals surface area contributed by atoms with E-state index in [1.165, 1.54) is 8.61 Å². The maximum Gasteiger partial charge on any atom is 0.282 e. The van der Waals surface area contributed by atoms with Crippen molar-refractivity contribution in [2.75, 3.05) is 32.7 Å². The van der Waals surface area contributed by atoms with Crippen LogP contribution in [0.25, 0.3) is 0 Å². The zero-order valence-electron chi connectivity index (χ0n) is 15.7. The van der Waals surface area contributed by atoms with Crippen LogP contribution in [-0.2, 0) is 21.5 Å². The number of carbonyl (C=O) groups excluding carboxylic acids is 1. The second-order valence-corrected chi connectivity index (χ2v) is 9.51. The number of amides is 1.